The van der Waals surface area contributed by atoms with Crippen molar-refractivity contribution in [1.29, 1.82) is 0 Å². The first-order valence-electron chi connectivity index (χ1n) is 4.86. The fourth-order valence-electron chi connectivity index (χ4n) is 1.15. The highest BCUT2D eigenvalue weighted by Crippen LogP contribution is 2.26. The Hall–Kier alpha value is -0.340. The predicted molar refractivity (Wildman–Crippen MR) is 66.9 cm³/mol. The van der Waals surface area contributed by atoms with Crippen molar-refractivity contribution in [2.75, 3.05) is 11.5 Å². The monoisotopic (exact) mass is 229 g/mol. The fourth-order valence-corrected chi connectivity index (χ4v) is 2.64. The van der Waals surface area contributed by atoms with Crippen molar-refractivity contribution >= 4 is 29.1 Å². The molecule has 0 radical (unpaired) electrons. The van der Waals surface area contributed by atoms with E-state index in [0.717, 1.165) is 22.0 Å². The maximum atomic E-state index is 6.05. The van der Waals surface area contributed by atoms with Crippen molar-refractivity contribution in [3.05, 3.63) is 28.8 Å². The van der Waals surface area contributed by atoms with Gasteiger partial charge in [0, 0.05) is 22.0 Å². The van der Waals surface area contributed by atoms with Crippen LogP contribution in [0.4, 0.5) is 5.69 Å². The van der Waals surface area contributed by atoms with Gasteiger partial charge in [-0.25, -0.2) is 0 Å². The predicted octanol–water partition coefficient (Wildman–Crippen LogP) is 3.96. The van der Waals surface area contributed by atoms with E-state index in [2.05, 4.69) is 6.92 Å². The fraction of sp³-hybridized carbons (Fsp3) is 0.455. The number of thioether (sulfide) groups is 1. The molecule has 14 heavy (non-hydrogen) atoms. The SMILES string of the molecule is CCCCSCc1c(N)cccc1Cl. The molecule has 2 N–H and O–H groups in total. The van der Waals surface area contributed by atoms with Crippen LogP contribution in [-0.4, -0.2) is 5.75 Å². The lowest BCUT2D eigenvalue weighted by atomic mass is 10.2. The number of unbranched alkanes of at least 4 members (excludes halogenated alkanes) is 1. The van der Waals surface area contributed by atoms with E-state index >= 15 is 0 Å². The van der Waals surface area contributed by atoms with Crippen LogP contribution < -0.4 is 5.73 Å². The van der Waals surface area contributed by atoms with Gasteiger partial charge in [0.15, 0.2) is 0 Å². The summed E-state index contributed by atoms with van der Waals surface area (Å²) in [5, 5.41) is 0.786. The molecule has 3 heteroatoms. The topological polar surface area (TPSA) is 26.0 Å². The van der Waals surface area contributed by atoms with E-state index < -0.39 is 0 Å². The Morgan fingerprint density at radius 1 is 1.43 bits per heavy atom. The van der Waals surface area contributed by atoms with Crippen LogP contribution in [0.5, 0.6) is 0 Å². The smallest absolute Gasteiger partial charge is 0.0466 e. The minimum Gasteiger partial charge on any atom is -0.398 e. The van der Waals surface area contributed by atoms with Crippen LogP contribution in [0.25, 0.3) is 0 Å². The van der Waals surface area contributed by atoms with Crippen LogP contribution in [0.2, 0.25) is 5.02 Å². The normalized spacial score (nSPS) is 10.4. The molecule has 1 aromatic rings. The Kier molecular flexibility index (Phi) is 5.20. The molecule has 0 spiro atoms. The van der Waals surface area contributed by atoms with Crippen LogP contribution in [0, 0.1) is 0 Å². The van der Waals surface area contributed by atoms with Crippen molar-refractivity contribution in [2.24, 2.45) is 0 Å². The van der Waals surface area contributed by atoms with Gasteiger partial charge in [0.2, 0.25) is 0 Å². The van der Waals surface area contributed by atoms with Crippen LogP contribution in [0.3, 0.4) is 0 Å². The van der Waals surface area contributed by atoms with Gasteiger partial charge < -0.3 is 5.73 Å². The summed E-state index contributed by atoms with van der Waals surface area (Å²) in [6.07, 6.45) is 2.50. The molecule has 0 aliphatic heterocycles. The Bertz CT molecular complexity index is 268. The number of benzene rings is 1. The largest absolute Gasteiger partial charge is 0.398 e. The van der Waals surface area contributed by atoms with Crippen molar-refractivity contribution < 1.29 is 0 Å². The summed E-state index contributed by atoms with van der Waals surface area (Å²) in [5.74, 6) is 2.10. The van der Waals surface area contributed by atoms with Gasteiger partial charge in [-0.2, -0.15) is 11.8 Å². The first kappa shape index (κ1) is 11.7. The van der Waals surface area contributed by atoms with Crippen molar-refractivity contribution in [2.45, 2.75) is 25.5 Å². The molecule has 0 heterocycles. The van der Waals surface area contributed by atoms with Gasteiger partial charge in [-0.05, 0) is 24.3 Å². The Morgan fingerprint density at radius 3 is 2.86 bits per heavy atom. The zero-order chi connectivity index (χ0) is 10.4. The average Bonchev–Trinajstić information content (AvgIpc) is 2.16. The summed E-state index contributed by atoms with van der Waals surface area (Å²) in [5.41, 5.74) is 7.72. The summed E-state index contributed by atoms with van der Waals surface area (Å²) >= 11 is 7.94. The molecule has 0 aromatic heterocycles. The quantitative estimate of drug-likeness (QED) is 0.611. The van der Waals surface area contributed by atoms with Gasteiger partial charge >= 0.3 is 0 Å². The average molecular weight is 230 g/mol. The van der Waals surface area contributed by atoms with E-state index in [9.17, 15) is 0 Å². The lowest BCUT2D eigenvalue weighted by Crippen LogP contribution is -1.93. The molecule has 0 saturated heterocycles. The molecule has 0 saturated carbocycles. The second-order valence-corrected chi connectivity index (χ2v) is 4.73. The summed E-state index contributed by atoms with van der Waals surface area (Å²) in [7, 11) is 0. The van der Waals surface area contributed by atoms with Gasteiger partial charge in [0.05, 0.1) is 0 Å². The number of hydrogen-bond acceptors (Lipinski definition) is 2. The highest BCUT2D eigenvalue weighted by molar-refractivity contribution is 7.98. The molecule has 0 bridgehead atoms. The van der Waals surface area contributed by atoms with Crippen LogP contribution in [-0.2, 0) is 5.75 Å². The highest BCUT2D eigenvalue weighted by atomic mass is 35.5. The standard InChI is InChI=1S/C11H16ClNS/c1-2-3-7-14-8-9-10(12)5-4-6-11(9)13/h4-6H,2-3,7-8,13H2,1H3. The van der Waals surface area contributed by atoms with Gasteiger partial charge in [0.1, 0.15) is 0 Å². The maximum Gasteiger partial charge on any atom is 0.0466 e. The first-order chi connectivity index (χ1) is 6.75. The summed E-state index contributed by atoms with van der Waals surface area (Å²) in [6.45, 7) is 2.20. The lowest BCUT2D eigenvalue weighted by Gasteiger charge is -2.07. The first-order valence-corrected chi connectivity index (χ1v) is 6.39. The molecular weight excluding hydrogens is 214 g/mol. The highest BCUT2D eigenvalue weighted by Gasteiger charge is 2.03. The molecule has 0 aliphatic rings. The van der Waals surface area contributed by atoms with E-state index in [4.69, 9.17) is 17.3 Å². The second-order valence-electron chi connectivity index (χ2n) is 3.21. The van der Waals surface area contributed by atoms with Gasteiger partial charge in [-0.1, -0.05) is 31.0 Å². The lowest BCUT2D eigenvalue weighted by molar-refractivity contribution is 0.896. The van der Waals surface area contributed by atoms with E-state index in [-0.39, 0.29) is 0 Å². The number of rotatable bonds is 5. The van der Waals surface area contributed by atoms with E-state index in [1.165, 1.54) is 18.6 Å². The third kappa shape index (κ3) is 3.43. The van der Waals surface area contributed by atoms with Crippen molar-refractivity contribution in [3.63, 3.8) is 0 Å². The molecule has 1 nitrogen and oxygen atoms in total. The molecule has 0 aliphatic carbocycles. The molecule has 0 atom stereocenters. The van der Waals surface area contributed by atoms with Gasteiger partial charge in [-0.3, -0.25) is 0 Å². The van der Waals surface area contributed by atoms with Gasteiger partial charge in [0.25, 0.3) is 0 Å². The van der Waals surface area contributed by atoms with Crippen molar-refractivity contribution in [3.8, 4) is 0 Å². The summed E-state index contributed by atoms with van der Waals surface area (Å²) in [4.78, 5) is 0. The third-order valence-corrected chi connectivity index (χ3v) is 3.47. The molecule has 0 fully saturated rings. The van der Waals surface area contributed by atoms with Crippen LogP contribution in [0.15, 0.2) is 18.2 Å². The zero-order valence-corrected chi connectivity index (χ0v) is 10.00. The van der Waals surface area contributed by atoms with Crippen molar-refractivity contribution in [1.82, 2.24) is 0 Å². The number of nitrogen functional groups attached to an aromatic ring is 1. The van der Waals surface area contributed by atoms with E-state index in [0.29, 0.717) is 0 Å². The Labute approximate surface area is 95.0 Å². The Morgan fingerprint density at radius 2 is 2.21 bits per heavy atom. The van der Waals surface area contributed by atoms with E-state index in [1.54, 1.807) is 0 Å². The minimum absolute atomic E-state index is 0.786. The number of nitrogens with two attached hydrogens (primary N) is 1. The molecule has 1 aromatic carbocycles. The molecule has 0 unspecified atom stereocenters. The Balaban J connectivity index is 2.49. The molecule has 78 valence electrons. The number of halogens is 1. The summed E-state index contributed by atoms with van der Waals surface area (Å²) in [6, 6.07) is 5.69. The van der Waals surface area contributed by atoms with E-state index in [1.807, 2.05) is 30.0 Å². The van der Waals surface area contributed by atoms with Crippen LogP contribution >= 0.6 is 23.4 Å². The molecule has 0 amide bonds. The number of hydrogen-bond donors (Lipinski definition) is 1. The minimum atomic E-state index is 0.786. The maximum absolute atomic E-state index is 6.05. The van der Waals surface area contributed by atoms with Crippen LogP contribution in [0.1, 0.15) is 25.3 Å². The zero-order valence-electron chi connectivity index (χ0n) is 8.42. The second kappa shape index (κ2) is 6.20. The molecular formula is C11H16ClNS. The molecule has 1 rings (SSSR count). The summed E-state index contributed by atoms with van der Waals surface area (Å²) < 4.78 is 0. The van der Waals surface area contributed by atoms with Gasteiger partial charge in [-0.15, -0.1) is 0 Å². The third-order valence-electron chi connectivity index (χ3n) is 2.04. The number of anilines is 1.